The molecule has 0 bridgehead atoms. The van der Waals surface area contributed by atoms with E-state index in [4.69, 9.17) is 11.6 Å². The molecule has 16 heavy (non-hydrogen) atoms. The summed E-state index contributed by atoms with van der Waals surface area (Å²) in [4.78, 5) is 0. The average molecular weight is 242 g/mol. The largest absolute Gasteiger partial charge is 0.389 e. The highest BCUT2D eigenvalue weighted by atomic mass is 35.5. The summed E-state index contributed by atoms with van der Waals surface area (Å²) in [5, 5.41) is 13.9. The van der Waals surface area contributed by atoms with Crippen molar-refractivity contribution in [3.05, 3.63) is 34.9 Å². The van der Waals surface area contributed by atoms with Gasteiger partial charge in [0.25, 0.3) is 0 Å². The molecule has 3 heteroatoms. The highest BCUT2D eigenvalue weighted by Gasteiger charge is 2.18. The van der Waals surface area contributed by atoms with Crippen LogP contribution in [0.3, 0.4) is 0 Å². The molecule has 0 radical (unpaired) electrons. The molecule has 2 N–H and O–H groups in total. The van der Waals surface area contributed by atoms with Gasteiger partial charge in [-0.05, 0) is 38.0 Å². The fourth-order valence-electron chi connectivity index (χ4n) is 1.39. The topological polar surface area (TPSA) is 32.3 Å². The van der Waals surface area contributed by atoms with E-state index in [0.717, 1.165) is 17.0 Å². The molecule has 0 amide bonds. The third-order valence-corrected chi connectivity index (χ3v) is 3.13. The van der Waals surface area contributed by atoms with Gasteiger partial charge in [0, 0.05) is 17.6 Å². The van der Waals surface area contributed by atoms with E-state index in [0.29, 0.717) is 6.54 Å². The number of rotatable bonds is 5. The van der Waals surface area contributed by atoms with E-state index in [2.05, 4.69) is 12.2 Å². The molecule has 0 aliphatic heterocycles. The molecule has 0 spiro atoms. The quantitative estimate of drug-likeness (QED) is 0.830. The van der Waals surface area contributed by atoms with Gasteiger partial charge in [-0.1, -0.05) is 30.7 Å². The zero-order chi connectivity index (χ0) is 12.2. The summed E-state index contributed by atoms with van der Waals surface area (Å²) >= 11 is 5.93. The summed E-state index contributed by atoms with van der Waals surface area (Å²) in [5.74, 6) is 0. The molecule has 0 saturated heterocycles. The van der Waals surface area contributed by atoms with Gasteiger partial charge in [0.1, 0.15) is 0 Å². The van der Waals surface area contributed by atoms with Crippen molar-refractivity contribution >= 4 is 11.6 Å². The Hall–Kier alpha value is -0.570. The lowest BCUT2D eigenvalue weighted by Gasteiger charge is -2.24. The van der Waals surface area contributed by atoms with Crippen LogP contribution in [-0.4, -0.2) is 17.3 Å². The fraction of sp³-hybridized carbons (Fsp3) is 0.538. The number of nitrogens with one attached hydrogen (secondary N) is 1. The van der Waals surface area contributed by atoms with Crippen LogP contribution >= 0.6 is 11.6 Å². The highest BCUT2D eigenvalue weighted by molar-refractivity contribution is 6.30. The molecular weight excluding hydrogens is 222 g/mol. The second-order valence-electron chi connectivity index (χ2n) is 4.51. The fourth-order valence-corrected chi connectivity index (χ4v) is 1.59. The molecule has 1 aromatic carbocycles. The molecule has 1 unspecified atom stereocenters. The maximum atomic E-state index is 9.89. The van der Waals surface area contributed by atoms with E-state index in [-0.39, 0.29) is 6.04 Å². The lowest BCUT2D eigenvalue weighted by molar-refractivity contribution is 0.0533. The third kappa shape index (κ3) is 4.12. The Morgan fingerprint density at radius 2 is 2.19 bits per heavy atom. The highest BCUT2D eigenvalue weighted by Crippen LogP contribution is 2.18. The van der Waals surface area contributed by atoms with Gasteiger partial charge in [-0.15, -0.1) is 0 Å². The molecule has 0 aliphatic carbocycles. The number of hydrogen-bond acceptors (Lipinski definition) is 2. The van der Waals surface area contributed by atoms with Gasteiger partial charge < -0.3 is 10.4 Å². The number of halogens is 1. The van der Waals surface area contributed by atoms with E-state index in [9.17, 15) is 5.11 Å². The Morgan fingerprint density at radius 1 is 1.50 bits per heavy atom. The van der Waals surface area contributed by atoms with Crippen LogP contribution in [0.1, 0.15) is 38.8 Å². The minimum Gasteiger partial charge on any atom is -0.389 e. The van der Waals surface area contributed by atoms with Crippen LogP contribution in [0.5, 0.6) is 0 Å². The molecule has 0 fully saturated rings. The van der Waals surface area contributed by atoms with Gasteiger partial charge in [-0.3, -0.25) is 0 Å². The Morgan fingerprint density at radius 3 is 2.75 bits per heavy atom. The van der Waals surface area contributed by atoms with Crippen LogP contribution in [0.25, 0.3) is 0 Å². The van der Waals surface area contributed by atoms with Gasteiger partial charge in [0.2, 0.25) is 0 Å². The lowest BCUT2D eigenvalue weighted by atomic mass is 10.0. The number of benzene rings is 1. The monoisotopic (exact) mass is 241 g/mol. The van der Waals surface area contributed by atoms with Crippen LogP contribution in [-0.2, 0) is 0 Å². The predicted octanol–water partition coefficient (Wildman–Crippen LogP) is 3.15. The second-order valence-corrected chi connectivity index (χ2v) is 4.94. The predicted molar refractivity (Wildman–Crippen MR) is 68.8 cm³/mol. The Labute approximate surface area is 103 Å². The van der Waals surface area contributed by atoms with Gasteiger partial charge in [0.15, 0.2) is 0 Å². The minimum absolute atomic E-state index is 0.191. The summed E-state index contributed by atoms with van der Waals surface area (Å²) in [7, 11) is 0. The first kappa shape index (κ1) is 13.5. The number of aliphatic hydroxyl groups is 1. The van der Waals surface area contributed by atoms with Gasteiger partial charge in [-0.25, -0.2) is 0 Å². The maximum absolute atomic E-state index is 9.89. The van der Waals surface area contributed by atoms with Crippen molar-refractivity contribution in [3.63, 3.8) is 0 Å². The van der Waals surface area contributed by atoms with Crippen molar-refractivity contribution in [2.45, 2.75) is 38.8 Å². The van der Waals surface area contributed by atoms with Crippen LogP contribution < -0.4 is 5.32 Å². The smallest absolute Gasteiger partial charge is 0.0741 e. The van der Waals surface area contributed by atoms with Crippen LogP contribution in [0, 0.1) is 0 Å². The molecule has 90 valence electrons. The molecule has 2 atom stereocenters. The van der Waals surface area contributed by atoms with Gasteiger partial charge in [-0.2, -0.15) is 0 Å². The van der Waals surface area contributed by atoms with Crippen LogP contribution in [0.4, 0.5) is 0 Å². The van der Waals surface area contributed by atoms with E-state index in [1.54, 1.807) is 0 Å². The average Bonchev–Trinajstić information content (AvgIpc) is 2.26. The van der Waals surface area contributed by atoms with Crippen LogP contribution in [0.2, 0.25) is 5.02 Å². The Kier molecular flexibility index (Phi) is 4.78. The molecule has 0 aromatic heterocycles. The van der Waals surface area contributed by atoms with Crippen molar-refractivity contribution < 1.29 is 5.11 Å². The molecule has 0 saturated carbocycles. The third-order valence-electron chi connectivity index (χ3n) is 2.90. The molecular formula is C13H20ClNO. The zero-order valence-electron chi connectivity index (χ0n) is 10.1. The van der Waals surface area contributed by atoms with Crippen molar-refractivity contribution in [2.24, 2.45) is 0 Å². The van der Waals surface area contributed by atoms with Gasteiger partial charge >= 0.3 is 0 Å². The minimum atomic E-state index is -0.646. The van der Waals surface area contributed by atoms with E-state index >= 15 is 0 Å². The summed E-state index contributed by atoms with van der Waals surface area (Å²) in [6.07, 6.45) is 0.738. The Bertz CT molecular complexity index is 338. The second kappa shape index (κ2) is 5.67. The first-order valence-corrected chi connectivity index (χ1v) is 6.03. The first-order chi connectivity index (χ1) is 7.44. The SMILES string of the molecule is CCC(C)(O)CN[C@H](C)c1cccc(Cl)c1. The van der Waals surface area contributed by atoms with Crippen molar-refractivity contribution in [1.29, 1.82) is 0 Å². The molecule has 0 heterocycles. The van der Waals surface area contributed by atoms with Crippen molar-refractivity contribution in [2.75, 3.05) is 6.54 Å². The zero-order valence-corrected chi connectivity index (χ0v) is 10.9. The van der Waals surface area contributed by atoms with E-state index in [1.807, 2.05) is 38.1 Å². The summed E-state index contributed by atoms with van der Waals surface area (Å²) in [5.41, 5.74) is 0.492. The first-order valence-electron chi connectivity index (χ1n) is 5.66. The summed E-state index contributed by atoms with van der Waals surface area (Å²) < 4.78 is 0. The van der Waals surface area contributed by atoms with E-state index in [1.165, 1.54) is 0 Å². The Balaban J connectivity index is 2.56. The summed E-state index contributed by atoms with van der Waals surface area (Å²) in [6.45, 7) is 6.46. The van der Waals surface area contributed by atoms with Crippen LogP contribution in [0.15, 0.2) is 24.3 Å². The lowest BCUT2D eigenvalue weighted by Crippen LogP contribution is -2.38. The normalized spacial score (nSPS) is 16.8. The summed E-state index contributed by atoms with van der Waals surface area (Å²) in [6, 6.07) is 7.97. The van der Waals surface area contributed by atoms with E-state index < -0.39 is 5.60 Å². The van der Waals surface area contributed by atoms with Crippen molar-refractivity contribution in [1.82, 2.24) is 5.32 Å². The standard InChI is InChI=1S/C13H20ClNO/c1-4-13(3,16)9-15-10(2)11-6-5-7-12(14)8-11/h5-8,10,15-16H,4,9H2,1-3H3/t10-,13?/m1/s1. The molecule has 0 aliphatic rings. The molecule has 1 aromatic rings. The molecule has 2 nitrogen and oxygen atoms in total. The van der Waals surface area contributed by atoms with Crippen molar-refractivity contribution in [3.8, 4) is 0 Å². The van der Waals surface area contributed by atoms with Gasteiger partial charge in [0.05, 0.1) is 5.60 Å². The maximum Gasteiger partial charge on any atom is 0.0741 e. The number of hydrogen-bond donors (Lipinski definition) is 2. The molecule has 1 rings (SSSR count).